The van der Waals surface area contributed by atoms with Gasteiger partial charge in [-0.1, -0.05) is 31.2 Å². The van der Waals surface area contributed by atoms with Crippen molar-refractivity contribution in [1.82, 2.24) is 20.4 Å². The van der Waals surface area contributed by atoms with Crippen molar-refractivity contribution in [3.63, 3.8) is 0 Å². The first kappa shape index (κ1) is 19.8. The molecule has 1 fully saturated rings. The first-order valence-corrected chi connectivity index (χ1v) is 10.2. The van der Waals surface area contributed by atoms with Crippen LogP contribution in [0.5, 0.6) is 0 Å². The number of hydrogen-bond donors (Lipinski definition) is 2. The Balaban J connectivity index is 1.40. The van der Waals surface area contributed by atoms with E-state index in [2.05, 4.69) is 15.8 Å². The van der Waals surface area contributed by atoms with Crippen LogP contribution in [-0.2, 0) is 17.6 Å². The summed E-state index contributed by atoms with van der Waals surface area (Å²) < 4.78 is 1.73. The third-order valence-corrected chi connectivity index (χ3v) is 5.31. The van der Waals surface area contributed by atoms with E-state index in [1.807, 2.05) is 37.3 Å². The van der Waals surface area contributed by atoms with Crippen LogP contribution in [-0.4, -0.2) is 21.4 Å². The summed E-state index contributed by atoms with van der Waals surface area (Å²) >= 11 is 0. The highest BCUT2D eigenvalue weighted by atomic mass is 16.2. The molecule has 2 N–H and O–H groups in total. The van der Waals surface area contributed by atoms with Gasteiger partial charge in [-0.05, 0) is 49.1 Å². The molecule has 0 radical (unpaired) electrons. The number of nitrogens with zero attached hydrogens (tertiary/aromatic N) is 2. The highest BCUT2D eigenvalue weighted by Crippen LogP contribution is 2.34. The fourth-order valence-corrected chi connectivity index (χ4v) is 3.46. The summed E-state index contributed by atoms with van der Waals surface area (Å²) in [5, 5.41) is 0.596. The number of para-hydroxylation sites is 1. The highest BCUT2D eigenvalue weighted by Gasteiger charge is 2.28. The van der Waals surface area contributed by atoms with E-state index in [0.717, 1.165) is 24.8 Å². The van der Waals surface area contributed by atoms with Crippen LogP contribution in [0.4, 0.5) is 0 Å². The van der Waals surface area contributed by atoms with E-state index in [4.69, 9.17) is 0 Å². The van der Waals surface area contributed by atoms with E-state index in [9.17, 15) is 14.4 Å². The lowest BCUT2D eigenvalue weighted by molar-refractivity contribution is -0.121. The predicted octanol–water partition coefficient (Wildman–Crippen LogP) is 2.69. The van der Waals surface area contributed by atoms with Gasteiger partial charge in [0.1, 0.15) is 5.82 Å². The van der Waals surface area contributed by atoms with Gasteiger partial charge in [-0.25, -0.2) is 4.98 Å². The number of carbonyl (C=O) groups is 2. The lowest BCUT2D eigenvalue weighted by atomic mass is 10.1. The Hall–Kier alpha value is -3.48. The van der Waals surface area contributed by atoms with E-state index >= 15 is 0 Å². The number of nitrogens with one attached hydrogen (secondary N) is 2. The molecule has 1 aliphatic rings. The number of carbonyl (C=O) groups excluding carboxylic acids is 2. The Bertz CT molecular complexity index is 1150. The Morgan fingerprint density at radius 3 is 2.50 bits per heavy atom. The molecule has 0 spiro atoms. The number of hydrazine groups is 1. The first-order valence-electron chi connectivity index (χ1n) is 10.2. The van der Waals surface area contributed by atoms with Crippen molar-refractivity contribution in [1.29, 1.82) is 0 Å². The number of amides is 2. The number of benzene rings is 2. The summed E-state index contributed by atoms with van der Waals surface area (Å²) in [5.74, 6) is -0.0964. The number of aromatic nitrogens is 2. The standard InChI is InChI=1S/C23H24N4O3/c1-2-15-7-9-16(10-8-15)22(29)26-25-21(28)14-13-20-24-19-6-4-3-5-18(19)23(30)27(20)17-11-12-17/h3-10,17H,2,11-14H2,1H3,(H,25,28)(H,26,29). The molecule has 1 saturated carbocycles. The second-order valence-electron chi connectivity index (χ2n) is 7.50. The van der Waals surface area contributed by atoms with Gasteiger partial charge in [-0.15, -0.1) is 0 Å². The van der Waals surface area contributed by atoms with Gasteiger partial charge in [0.05, 0.1) is 10.9 Å². The van der Waals surface area contributed by atoms with Crippen LogP contribution in [0.2, 0.25) is 0 Å². The van der Waals surface area contributed by atoms with Crippen molar-refractivity contribution in [3.05, 3.63) is 75.8 Å². The van der Waals surface area contributed by atoms with Crippen molar-refractivity contribution in [2.75, 3.05) is 0 Å². The molecule has 0 saturated heterocycles. The van der Waals surface area contributed by atoms with Gasteiger partial charge in [0, 0.05) is 24.4 Å². The molecule has 1 heterocycles. The molecule has 2 amide bonds. The second-order valence-corrected chi connectivity index (χ2v) is 7.50. The Morgan fingerprint density at radius 1 is 1.07 bits per heavy atom. The third kappa shape index (κ3) is 4.25. The van der Waals surface area contributed by atoms with Crippen molar-refractivity contribution >= 4 is 22.7 Å². The normalized spacial score (nSPS) is 13.2. The fraction of sp³-hybridized carbons (Fsp3) is 0.304. The fourth-order valence-electron chi connectivity index (χ4n) is 3.46. The van der Waals surface area contributed by atoms with Gasteiger partial charge in [0.2, 0.25) is 5.91 Å². The summed E-state index contributed by atoms with van der Waals surface area (Å²) in [6, 6.07) is 14.7. The number of hydrogen-bond acceptors (Lipinski definition) is 4. The Kier molecular flexibility index (Phi) is 5.61. The predicted molar refractivity (Wildman–Crippen MR) is 114 cm³/mol. The summed E-state index contributed by atoms with van der Waals surface area (Å²) in [4.78, 5) is 41.9. The highest BCUT2D eigenvalue weighted by molar-refractivity contribution is 5.95. The minimum atomic E-state index is -0.371. The summed E-state index contributed by atoms with van der Waals surface area (Å²) in [6.45, 7) is 2.04. The van der Waals surface area contributed by atoms with Gasteiger partial charge in [-0.3, -0.25) is 29.8 Å². The van der Waals surface area contributed by atoms with Gasteiger partial charge in [0.15, 0.2) is 0 Å². The van der Waals surface area contributed by atoms with Gasteiger partial charge in [0.25, 0.3) is 11.5 Å². The van der Waals surface area contributed by atoms with E-state index in [1.54, 1.807) is 22.8 Å². The lowest BCUT2D eigenvalue weighted by Crippen LogP contribution is -2.41. The Morgan fingerprint density at radius 2 is 1.80 bits per heavy atom. The largest absolute Gasteiger partial charge is 0.293 e. The van der Waals surface area contributed by atoms with Crippen LogP contribution >= 0.6 is 0 Å². The summed E-state index contributed by atoms with van der Waals surface area (Å²) in [7, 11) is 0. The minimum absolute atomic E-state index is 0.0534. The van der Waals surface area contributed by atoms with E-state index in [0.29, 0.717) is 28.7 Å². The number of fused-ring (bicyclic) bond motifs is 1. The zero-order chi connectivity index (χ0) is 21.1. The molecule has 1 aromatic heterocycles. The number of rotatable bonds is 6. The molecule has 154 valence electrons. The smallest absolute Gasteiger partial charge is 0.269 e. The van der Waals surface area contributed by atoms with Crippen LogP contribution in [0.3, 0.4) is 0 Å². The molecule has 30 heavy (non-hydrogen) atoms. The van der Waals surface area contributed by atoms with Crippen LogP contribution in [0.15, 0.2) is 53.3 Å². The van der Waals surface area contributed by atoms with Crippen molar-refractivity contribution in [3.8, 4) is 0 Å². The van der Waals surface area contributed by atoms with Crippen LogP contribution < -0.4 is 16.4 Å². The van der Waals surface area contributed by atoms with E-state index < -0.39 is 0 Å². The molecule has 4 rings (SSSR count). The van der Waals surface area contributed by atoms with Gasteiger partial charge < -0.3 is 0 Å². The molecule has 0 bridgehead atoms. The molecule has 0 atom stereocenters. The average molecular weight is 404 g/mol. The maximum Gasteiger partial charge on any atom is 0.269 e. The minimum Gasteiger partial charge on any atom is -0.293 e. The van der Waals surface area contributed by atoms with Crippen molar-refractivity contribution in [2.45, 2.75) is 45.1 Å². The number of aryl methyl sites for hydroxylation is 2. The lowest BCUT2D eigenvalue weighted by Gasteiger charge is -2.13. The quantitative estimate of drug-likeness (QED) is 0.618. The molecule has 2 aromatic carbocycles. The maximum absolute atomic E-state index is 12.9. The van der Waals surface area contributed by atoms with E-state index in [1.165, 1.54) is 0 Å². The zero-order valence-electron chi connectivity index (χ0n) is 16.9. The molecule has 7 nitrogen and oxygen atoms in total. The molecule has 1 aliphatic carbocycles. The molecule has 0 aliphatic heterocycles. The topological polar surface area (TPSA) is 93.1 Å². The molecular weight excluding hydrogens is 380 g/mol. The molecular formula is C23H24N4O3. The molecule has 3 aromatic rings. The zero-order valence-corrected chi connectivity index (χ0v) is 16.9. The Labute approximate surface area is 174 Å². The van der Waals surface area contributed by atoms with Crippen LogP contribution in [0, 0.1) is 0 Å². The van der Waals surface area contributed by atoms with Gasteiger partial charge in [-0.2, -0.15) is 0 Å². The average Bonchev–Trinajstić information content (AvgIpc) is 3.61. The van der Waals surface area contributed by atoms with Gasteiger partial charge >= 0.3 is 0 Å². The van der Waals surface area contributed by atoms with Crippen LogP contribution in [0.1, 0.15) is 54.0 Å². The van der Waals surface area contributed by atoms with E-state index in [-0.39, 0.29) is 29.8 Å². The third-order valence-electron chi connectivity index (χ3n) is 5.31. The van der Waals surface area contributed by atoms with Crippen molar-refractivity contribution < 1.29 is 9.59 Å². The summed E-state index contributed by atoms with van der Waals surface area (Å²) in [6.07, 6.45) is 3.24. The SMILES string of the molecule is CCc1ccc(C(=O)NNC(=O)CCc2nc3ccccc3c(=O)n2C2CC2)cc1. The van der Waals surface area contributed by atoms with Crippen LogP contribution in [0.25, 0.3) is 10.9 Å². The molecule has 7 heteroatoms. The first-order chi connectivity index (χ1) is 14.6. The van der Waals surface area contributed by atoms with Crippen molar-refractivity contribution in [2.24, 2.45) is 0 Å². The maximum atomic E-state index is 12.9. The second kappa shape index (κ2) is 8.49. The summed E-state index contributed by atoms with van der Waals surface area (Å²) in [5.41, 5.74) is 7.08. The monoisotopic (exact) mass is 404 g/mol. The molecule has 0 unspecified atom stereocenters.